The largest absolute Gasteiger partial charge is 0.345 e. The molecule has 0 saturated carbocycles. The van der Waals surface area contributed by atoms with E-state index in [-0.39, 0.29) is 0 Å². The number of aromatic nitrogens is 1. The Kier molecular flexibility index (Phi) is 6.10. The maximum atomic E-state index is 2.48. The van der Waals surface area contributed by atoms with Crippen molar-refractivity contribution in [1.82, 2.24) is 4.57 Å². The summed E-state index contributed by atoms with van der Waals surface area (Å²) in [5.41, 5.74) is 8.04. The summed E-state index contributed by atoms with van der Waals surface area (Å²) >= 11 is 0. The molecule has 216 valence electrons. The van der Waals surface area contributed by atoms with Crippen molar-refractivity contribution in [2.24, 2.45) is 0 Å². The van der Waals surface area contributed by atoms with E-state index in [9.17, 15) is 0 Å². The topological polar surface area (TPSA) is 4.93 Å². The second-order valence-corrected chi connectivity index (χ2v) is 13.5. The third kappa shape index (κ3) is 3.92. The minimum atomic E-state index is 0.401. The lowest BCUT2D eigenvalue weighted by Gasteiger charge is -2.22. The molecule has 0 fully saturated rings. The number of hydrogen-bond acceptors (Lipinski definition) is 0. The van der Waals surface area contributed by atoms with Gasteiger partial charge in [-0.15, -0.1) is 0 Å². The fourth-order valence-electron chi connectivity index (χ4n) is 7.71. The van der Waals surface area contributed by atoms with E-state index in [1.165, 1.54) is 87.4 Å². The molecule has 0 amide bonds. The van der Waals surface area contributed by atoms with Crippen molar-refractivity contribution in [2.45, 2.75) is 59.4 Å². The standard InChI is InChI=1S/C43H39N/c1-25(2)37-22-29-10-7-8-11-31(29)40-23-30(15-16-32(37)40)39-24-38(26(3)4)35-20-19-34-33(41-12-9-21-44(41)27(5)6)17-13-28-14-18-36(39)43(35)42(28)34/h7-27H,1-6H3. The van der Waals surface area contributed by atoms with E-state index in [1.54, 1.807) is 0 Å². The zero-order chi connectivity index (χ0) is 30.3. The Morgan fingerprint density at radius 3 is 1.93 bits per heavy atom. The highest BCUT2D eigenvalue weighted by molar-refractivity contribution is 6.28. The van der Waals surface area contributed by atoms with Gasteiger partial charge >= 0.3 is 0 Å². The fraction of sp³-hybridized carbons (Fsp3) is 0.209. The van der Waals surface area contributed by atoms with E-state index in [4.69, 9.17) is 0 Å². The van der Waals surface area contributed by atoms with Gasteiger partial charge in [-0.1, -0.05) is 107 Å². The molecule has 44 heavy (non-hydrogen) atoms. The highest BCUT2D eigenvalue weighted by Crippen LogP contribution is 2.46. The third-order valence-corrected chi connectivity index (χ3v) is 9.87. The average molecular weight is 570 g/mol. The summed E-state index contributed by atoms with van der Waals surface area (Å²) in [7, 11) is 0. The van der Waals surface area contributed by atoms with Crippen LogP contribution in [0.4, 0.5) is 0 Å². The quantitative estimate of drug-likeness (QED) is 0.182. The van der Waals surface area contributed by atoms with Gasteiger partial charge in [0.2, 0.25) is 0 Å². The molecule has 0 N–H and O–H groups in total. The Balaban J connectivity index is 1.47. The van der Waals surface area contributed by atoms with Gasteiger partial charge in [0.15, 0.2) is 0 Å². The Bertz CT molecular complexity index is 2360. The van der Waals surface area contributed by atoms with Crippen LogP contribution in [0.5, 0.6) is 0 Å². The first-order chi connectivity index (χ1) is 21.3. The molecule has 0 saturated heterocycles. The van der Waals surface area contributed by atoms with Crippen molar-refractivity contribution in [3.8, 4) is 22.4 Å². The maximum absolute atomic E-state index is 2.48. The minimum absolute atomic E-state index is 0.401. The summed E-state index contributed by atoms with van der Waals surface area (Å²) < 4.78 is 2.39. The lowest BCUT2D eigenvalue weighted by molar-refractivity contribution is 0.610. The van der Waals surface area contributed by atoms with Crippen molar-refractivity contribution in [2.75, 3.05) is 0 Å². The van der Waals surface area contributed by atoms with E-state index in [1.807, 2.05) is 0 Å². The Morgan fingerprint density at radius 2 is 1.14 bits per heavy atom. The number of rotatable bonds is 5. The Labute approximate surface area is 260 Å². The monoisotopic (exact) mass is 569 g/mol. The van der Waals surface area contributed by atoms with Gasteiger partial charge in [-0.2, -0.15) is 0 Å². The molecule has 1 aromatic heterocycles. The van der Waals surface area contributed by atoms with Crippen LogP contribution in [0.15, 0.2) is 109 Å². The first-order valence-corrected chi connectivity index (χ1v) is 16.2. The lowest BCUT2D eigenvalue weighted by Crippen LogP contribution is -2.01. The van der Waals surface area contributed by atoms with Gasteiger partial charge in [0.1, 0.15) is 0 Å². The Hall–Kier alpha value is -4.62. The van der Waals surface area contributed by atoms with Gasteiger partial charge in [-0.05, 0) is 126 Å². The second kappa shape index (κ2) is 9.96. The van der Waals surface area contributed by atoms with Crippen LogP contribution < -0.4 is 0 Å². The molecule has 0 aliphatic rings. The summed E-state index contributed by atoms with van der Waals surface area (Å²) in [6.45, 7) is 13.8. The predicted octanol–water partition coefficient (Wildman–Crippen LogP) is 12.9. The number of nitrogens with zero attached hydrogens (tertiary/aromatic N) is 1. The smallest absolute Gasteiger partial charge is 0.0488 e. The van der Waals surface area contributed by atoms with Crippen LogP contribution in [0.1, 0.15) is 70.5 Å². The normalized spacial score (nSPS) is 12.5. The molecule has 1 nitrogen and oxygen atoms in total. The van der Waals surface area contributed by atoms with Gasteiger partial charge in [0.25, 0.3) is 0 Å². The zero-order valence-electron chi connectivity index (χ0n) is 26.6. The van der Waals surface area contributed by atoms with Crippen LogP contribution in [0.25, 0.3) is 76.2 Å². The molecular weight excluding hydrogens is 530 g/mol. The molecule has 7 aromatic carbocycles. The molecule has 0 radical (unpaired) electrons. The lowest BCUT2D eigenvalue weighted by atomic mass is 9.83. The van der Waals surface area contributed by atoms with Gasteiger partial charge < -0.3 is 4.57 Å². The highest BCUT2D eigenvalue weighted by atomic mass is 15.0. The molecule has 1 heterocycles. The number of benzene rings is 7. The van der Waals surface area contributed by atoms with Crippen LogP contribution >= 0.6 is 0 Å². The van der Waals surface area contributed by atoms with Crippen LogP contribution in [0.3, 0.4) is 0 Å². The number of fused-ring (bicyclic) bond motifs is 3. The van der Waals surface area contributed by atoms with E-state index in [0.717, 1.165) is 0 Å². The van der Waals surface area contributed by atoms with Crippen molar-refractivity contribution in [1.29, 1.82) is 0 Å². The Morgan fingerprint density at radius 1 is 0.455 bits per heavy atom. The van der Waals surface area contributed by atoms with E-state index >= 15 is 0 Å². The molecule has 8 rings (SSSR count). The summed E-state index contributed by atoms with van der Waals surface area (Å²) in [6, 6.07) is 39.9. The van der Waals surface area contributed by atoms with Gasteiger partial charge in [0.05, 0.1) is 0 Å². The molecule has 0 atom stereocenters. The molecule has 0 unspecified atom stereocenters. The van der Waals surface area contributed by atoms with Gasteiger partial charge in [-0.25, -0.2) is 0 Å². The molecule has 0 bridgehead atoms. The van der Waals surface area contributed by atoms with Crippen LogP contribution in [0.2, 0.25) is 0 Å². The first kappa shape index (κ1) is 27.0. The summed E-state index contributed by atoms with van der Waals surface area (Å²) in [5, 5.41) is 13.5. The average Bonchev–Trinajstić information content (AvgIpc) is 3.53. The third-order valence-electron chi connectivity index (χ3n) is 9.87. The molecule has 0 aliphatic carbocycles. The van der Waals surface area contributed by atoms with E-state index < -0.39 is 0 Å². The second-order valence-electron chi connectivity index (χ2n) is 13.5. The van der Waals surface area contributed by atoms with E-state index in [2.05, 4.69) is 155 Å². The first-order valence-electron chi connectivity index (χ1n) is 16.2. The predicted molar refractivity (Wildman–Crippen MR) is 193 cm³/mol. The van der Waals surface area contributed by atoms with Crippen molar-refractivity contribution in [3.05, 3.63) is 120 Å². The SMILES string of the molecule is CC(C)c1cc2ccccc2c2cc(-c3cc(C(C)C)c4ccc5c(-c6cccn6C(C)C)ccc6ccc3c4c65)ccc12. The fourth-order valence-corrected chi connectivity index (χ4v) is 7.71. The summed E-state index contributed by atoms with van der Waals surface area (Å²) in [5.74, 6) is 0.867. The molecule has 0 aliphatic heterocycles. The molecule has 0 spiro atoms. The summed E-state index contributed by atoms with van der Waals surface area (Å²) in [4.78, 5) is 0. The zero-order valence-corrected chi connectivity index (χ0v) is 26.6. The van der Waals surface area contributed by atoms with Crippen molar-refractivity contribution in [3.63, 3.8) is 0 Å². The number of hydrogen-bond donors (Lipinski definition) is 0. The van der Waals surface area contributed by atoms with Gasteiger partial charge in [0, 0.05) is 23.5 Å². The van der Waals surface area contributed by atoms with Crippen LogP contribution in [0, 0.1) is 0 Å². The highest BCUT2D eigenvalue weighted by Gasteiger charge is 2.20. The maximum Gasteiger partial charge on any atom is 0.0488 e. The van der Waals surface area contributed by atoms with Crippen LogP contribution in [-0.4, -0.2) is 4.57 Å². The minimum Gasteiger partial charge on any atom is -0.345 e. The molecular formula is C43H39N. The van der Waals surface area contributed by atoms with Crippen molar-refractivity contribution < 1.29 is 0 Å². The molecule has 8 aromatic rings. The van der Waals surface area contributed by atoms with Gasteiger partial charge in [-0.3, -0.25) is 0 Å². The summed E-state index contributed by atoms with van der Waals surface area (Å²) in [6.07, 6.45) is 2.21. The molecule has 1 heteroatoms. The van der Waals surface area contributed by atoms with E-state index in [0.29, 0.717) is 17.9 Å². The van der Waals surface area contributed by atoms with Crippen molar-refractivity contribution >= 4 is 53.9 Å². The van der Waals surface area contributed by atoms with Crippen LogP contribution in [-0.2, 0) is 0 Å².